The molecule has 0 aromatic heterocycles. The van der Waals surface area contributed by atoms with Crippen molar-refractivity contribution in [1.29, 1.82) is 0 Å². The predicted octanol–water partition coefficient (Wildman–Crippen LogP) is 3.16. The molecule has 6 heteroatoms. The Balaban J connectivity index is 1.82. The quantitative estimate of drug-likeness (QED) is 0.773. The molecule has 1 aliphatic rings. The van der Waals surface area contributed by atoms with Crippen molar-refractivity contribution >= 4 is 29.1 Å². The topological polar surface area (TPSA) is 67.4 Å². The van der Waals surface area contributed by atoms with E-state index in [2.05, 4.69) is 10.6 Å². The lowest BCUT2D eigenvalue weighted by atomic mass is 9.81. The summed E-state index contributed by atoms with van der Waals surface area (Å²) in [5, 5.41) is 6.48. The first kappa shape index (κ1) is 18.7. The van der Waals surface area contributed by atoms with Gasteiger partial charge in [0.25, 0.3) is 0 Å². The number of benzene rings is 1. The number of rotatable bonds is 6. The summed E-state index contributed by atoms with van der Waals surface area (Å²) < 4.78 is 4.93. The molecule has 1 aromatic carbocycles. The van der Waals surface area contributed by atoms with Gasteiger partial charge in [-0.3, -0.25) is 9.59 Å². The van der Waals surface area contributed by atoms with Gasteiger partial charge in [0.2, 0.25) is 11.8 Å². The molecule has 0 spiro atoms. The van der Waals surface area contributed by atoms with E-state index in [4.69, 9.17) is 16.3 Å². The molecule has 24 heavy (non-hydrogen) atoms. The Hall–Kier alpha value is -1.59. The van der Waals surface area contributed by atoms with Gasteiger partial charge in [-0.15, -0.1) is 0 Å². The number of hydrogen-bond acceptors (Lipinski definition) is 3. The summed E-state index contributed by atoms with van der Waals surface area (Å²) in [6.45, 7) is 2.94. The van der Waals surface area contributed by atoms with Crippen LogP contribution in [0.4, 0.5) is 5.69 Å². The molecule has 0 radical (unpaired) electrons. The van der Waals surface area contributed by atoms with Crippen LogP contribution in [0.15, 0.2) is 18.2 Å². The molecule has 1 aliphatic carbocycles. The first-order valence-electron chi connectivity index (χ1n) is 8.35. The van der Waals surface area contributed by atoms with Crippen molar-refractivity contribution in [1.82, 2.24) is 5.32 Å². The van der Waals surface area contributed by atoms with Gasteiger partial charge in [-0.25, -0.2) is 0 Å². The smallest absolute Gasteiger partial charge is 0.227 e. The van der Waals surface area contributed by atoms with Crippen LogP contribution in [-0.4, -0.2) is 32.1 Å². The summed E-state index contributed by atoms with van der Waals surface area (Å²) in [5.41, 5.74) is 1.63. The number of halogens is 1. The fourth-order valence-electron chi connectivity index (χ4n) is 3.02. The molecule has 1 fully saturated rings. The zero-order valence-corrected chi connectivity index (χ0v) is 15.0. The minimum Gasteiger partial charge on any atom is -0.383 e. The average Bonchev–Trinajstić information content (AvgIpc) is 2.59. The number of nitrogens with one attached hydrogen (secondary N) is 2. The first-order chi connectivity index (χ1) is 11.5. The third-order valence-electron chi connectivity index (χ3n) is 4.60. The minimum absolute atomic E-state index is 0.00110. The van der Waals surface area contributed by atoms with Crippen molar-refractivity contribution in [3.63, 3.8) is 0 Å². The first-order valence-corrected chi connectivity index (χ1v) is 8.73. The van der Waals surface area contributed by atoms with E-state index >= 15 is 0 Å². The summed E-state index contributed by atoms with van der Waals surface area (Å²) in [6, 6.07) is 5.49. The lowest BCUT2D eigenvalue weighted by Gasteiger charge is -2.27. The maximum absolute atomic E-state index is 12.4. The van der Waals surface area contributed by atoms with Crippen molar-refractivity contribution in [2.24, 2.45) is 11.8 Å². The second kappa shape index (κ2) is 9.04. The van der Waals surface area contributed by atoms with E-state index < -0.39 is 0 Å². The van der Waals surface area contributed by atoms with Crippen LogP contribution in [0.25, 0.3) is 0 Å². The molecular weight excluding hydrogens is 328 g/mol. The van der Waals surface area contributed by atoms with E-state index in [1.807, 2.05) is 19.1 Å². The molecule has 0 unspecified atom stereocenters. The standard InChI is InChI=1S/C18H25ClN2O3/c1-12-15(19)4-3-5-16(12)21-18(23)14-8-6-13(7-9-14)17(22)20-10-11-24-2/h3-5,13-14H,6-11H2,1-2H3,(H,20,22)(H,21,23). The normalized spacial score (nSPS) is 20.5. The zero-order valence-electron chi connectivity index (χ0n) is 14.2. The maximum Gasteiger partial charge on any atom is 0.227 e. The van der Waals surface area contributed by atoms with E-state index in [9.17, 15) is 9.59 Å². The Kier molecular flexibility index (Phi) is 7.06. The highest BCUT2D eigenvalue weighted by atomic mass is 35.5. The second-order valence-electron chi connectivity index (χ2n) is 6.23. The molecule has 0 heterocycles. The SMILES string of the molecule is COCCNC(=O)C1CCC(C(=O)Nc2cccc(Cl)c2C)CC1. The largest absolute Gasteiger partial charge is 0.383 e. The number of carbonyl (C=O) groups excluding carboxylic acids is 2. The van der Waals surface area contributed by atoms with Crippen LogP contribution < -0.4 is 10.6 Å². The van der Waals surface area contributed by atoms with E-state index in [1.165, 1.54) is 0 Å². The van der Waals surface area contributed by atoms with Crippen molar-refractivity contribution < 1.29 is 14.3 Å². The third kappa shape index (κ3) is 4.95. The Morgan fingerprint density at radius 1 is 1.17 bits per heavy atom. The van der Waals surface area contributed by atoms with Gasteiger partial charge in [-0.05, 0) is 50.3 Å². The fraction of sp³-hybridized carbons (Fsp3) is 0.556. The van der Waals surface area contributed by atoms with Crippen LogP contribution in [0.5, 0.6) is 0 Å². The Morgan fingerprint density at radius 2 is 1.79 bits per heavy atom. The summed E-state index contributed by atoms with van der Waals surface area (Å²) in [4.78, 5) is 24.5. The summed E-state index contributed by atoms with van der Waals surface area (Å²) in [5.74, 6) is 0.0282. The van der Waals surface area contributed by atoms with E-state index in [1.54, 1.807) is 13.2 Å². The Bertz CT molecular complexity index is 584. The number of ether oxygens (including phenoxy) is 1. The highest BCUT2D eigenvalue weighted by Crippen LogP contribution is 2.31. The van der Waals surface area contributed by atoms with Crippen LogP contribution in [0.3, 0.4) is 0 Å². The lowest BCUT2D eigenvalue weighted by Crippen LogP contribution is -2.36. The number of amides is 2. The van der Waals surface area contributed by atoms with Gasteiger partial charge < -0.3 is 15.4 Å². The summed E-state index contributed by atoms with van der Waals surface area (Å²) >= 11 is 6.08. The third-order valence-corrected chi connectivity index (χ3v) is 5.01. The summed E-state index contributed by atoms with van der Waals surface area (Å²) in [6.07, 6.45) is 2.94. The van der Waals surface area contributed by atoms with Crippen molar-refractivity contribution in [2.75, 3.05) is 25.6 Å². The van der Waals surface area contributed by atoms with Gasteiger partial charge >= 0.3 is 0 Å². The molecule has 1 aromatic rings. The van der Waals surface area contributed by atoms with E-state index in [0.29, 0.717) is 18.2 Å². The molecule has 2 amide bonds. The zero-order chi connectivity index (χ0) is 17.5. The number of methoxy groups -OCH3 is 1. The van der Waals surface area contributed by atoms with Crippen LogP contribution in [-0.2, 0) is 14.3 Å². The van der Waals surface area contributed by atoms with Gasteiger partial charge in [-0.2, -0.15) is 0 Å². The molecule has 0 atom stereocenters. The second-order valence-corrected chi connectivity index (χ2v) is 6.64. The minimum atomic E-state index is -0.0496. The lowest BCUT2D eigenvalue weighted by molar-refractivity contribution is -0.128. The maximum atomic E-state index is 12.4. The van der Waals surface area contributed by atoms with Gasteiger partial charge in [0, 0.05) is 36.2 Å². The molecule has 5 nitrogen and oxygen atoms in total. The van der Waals surface area contributed by atoms with Crippen molar-refractivity contribution in [3.8, 4) is 0 Å². The molecule has 2 rings (SSSR count). The number of hydrogen-bond donors (Lipinski definition) is 2. The fourth-order valence-corrected chi connectivity index (χ4v) is 3.19. The van der Waals surface area contributed by atoms with E-state index in [-0.39, 0.29) is 23.7 Å². The molecule has 2 N–H and O–H groups in total. The number of anilines is 1. The predicted molar refractivity (Wildman–Crippen MR) is 95.2 cm³/mol. The summed E-state index contributed by atoms with van der Waals surface area (Å²) in [7, 11) is 1.61. The monoisotopic (exact) mass is 352 g/mol. The van der Waals surface area contributed by atoms with Gasteiger partial charge in [0.1, 0.15) is 0 Å². The molecular formula is C18H25ClN2O3. The van der Waals surface area contributed by atoms with Gasteiger partial charge in [0.05, 0.1) is 6.61 Å². The highest BCUT2D eigenvalue weighted by Gasteiger charge is 2.30. The van der Waals surface area contributed by atoms with Gasteiger partial charge in [0.15, 0.2) is 0 Å². The van der Waals surface area contributed by atoms with E-state index in [0.717, 1.165) is 36.9 Å². The number of carbonyl (C=O) groups is 2. The van der Waals surface area contributed by atoms with Crippen LogP contribution in [0.2, 0.25) is 5.02 Å². The molecule has 0 bridgehead atoms. The molecule has 0 saturated heterocycles. The molecule has 0 aliphatic heterocycles. The van der Waals surface area contributed by atoms with Crippen molar-refractivity contribution in [3.05, 3.63) is 28.8 Å². The van der Waals surface area contributed by atoms with Gasteiger partial charge in [-0.1, -0.05) is 17.7 Å². The molecule has 1 saturated carbocycles. The van der Waals surface area contributed by atoms with Crippen molar-refractivity contribution in [2.45, 2.75) is 32.6 Å². The Labute approximate surface area is 148 Å². The average molecular weight is 353 g/mol. The van der Waals surface area contributed by atoms with Crippen LogP contribution in [0, 0.1) is 18.8 Å². The Morgan fingerprint density at radius 3 is 2.42 bits per heavy atom. The van der Waals surface area contributed by atoms with Crippen LogP contribution >= 0.6 is 11.6 Å². The highest BCUT2D eigenvalue weighted by molar-refractivity contribution is 6.31. The molecule has 132 valence electrons. The van der Waals surface area contributed by atoms with Crippen LogP contribution in [0.1, 0.15) is 31.2 Å².